The normalized spacial score (nSPS) is 12.6. The van der Waals surface area contributed by atoms with Crippen molar-refractivity contribution in [1.29, 1.82) is 0 Å². The van der Waals surface area contributed by atoms with Crippen LogP contribution >= 0.6 is 11.6 Å². The van der Waals surface area contributed by atoms with Gasteiger partial charge in [0.05, 0.1) is 11.4 Å². The van der Waals surface area contributed by atoms with Gasteiger partial charge in [-0.15, -0.1) is 0 Å². The van der Waals surface area contributed by atoms with Crippen LogP contribution in [0.15, 0.2) is 30.3 Å². The first-order valence-electron chi connectivity index (χ1n) is 7.27. The molecule has 2 rings (SSSR count). The lowest BCUT2D eigenvalue weighted by molar-refractivity contribution is 0.276. The second-order valence-electron chi connectivity index (χ2n) is 5.25. The molecule has 0 aliphatic carbocycles. The molecular weight excluding hydrogens is 286 g/mol. The van der Waals surface area contributed by atoms with Crippen LogP contribution in [0.5, 0.6) is 0 Å². The summed E-state index contributed by atoms with van der Waals surface area (Å²) in [6, 6.07) is 10.2. The maximum atomic E-state index is 8.86. The van der Waals surface area contributed by atoms with E-state index in [9.17, 15) is 0 Å². The Morgan fingerprint density at radius 1 is 1.33 bits per heavy atom. The van der Waals surface area contributed by atoms with Gasteiger partial charge in [0.25, 0.3) is 0 Å². The summed E-state index contributed by atoms with van der Waals surface area (Å²) in [5.41, 5.74) is 2.92. The number of nitrogens with zero attached hydrogens (tertiary/aromatic N) is 2. The van der Waals surface area contributed by atoms with Gasteiger partial charge in [0.1, 0.15) is 5.15 Å². The fourth-order valence-corrected chi connectivity index (χ4v) is 2.59. The fourth-order valence-electron chi connectivity index (χ4n) is 2.25. The third-order valence-corrected chi connectivity index (χ3v) is 3.93. The van der Waals surface area contributed by atoms with E-state index in [1.54, 1.807) is 4.68 Å². The summed E-state index contributed by atoms with van der Waals surface area (Å²) in [7, 11) is 0. The molecule has 5 heteroatoms. The third kappa shape index (κ3) is 4.06. The zero-order valence-corrected chi connectivity index (χ0v) is 13.3. The molecule has 0 spiro atoms. The molecule has 2 N–H and O–H groups in total. The molecule has 0 radical (unpaired) electrons. The molecule has 0 amide bonds. The van der Waals surface area contributed by atoms with E-state index in [1.807, 2.05) is 37.3 Å². The quantitative estimate of drug-likeness (QED) is 0.826. The lowest BCUT2D eigenvalue weighted by atomic mass is 10.1. The minimum absolute atomic E-state index is 0.234. The van der Waals surface area contributed by atoms with Gasteiger partial charge >= 0.3 is 0 Å². The van der Waals surface area contributed by atoms with Crippen LogP contribution in [0, 0.1) is 6.92 Å². The number of para-hydroxylation sites is 1. The van der Waals surface area contributed by atoms with Crippen molar-refractivity contribution in [3.63, 3.8) is 0 Å². The van der Waals surface area contributed by atoms with Crippen LogP contribution in [0.25, 0.3) is 5.69 Å². The summed E-state index contributed by atoms with van der Waals surface area (Å²) < 4.78 is 1.77. The number of hydrogen-bond acceptors (Lipinski definition) is 3. The van der Waals surface area contributed by atoms with Gasteiger partial charge in [-0.05, 0) is 38.8 Å². The molecule has 1 unspecified atom stereocenters. The highest BCUT2D eigenvalue weighted by atomic mass is 35.5. The zero-order chi connectivity index (χ0) is 15.2. The van der Waals surface area contributed by atoms with Crippen molar-refractivity contribution in [3.8, 4) is 5.69 Å². The van der Waals surface area contributed by atoms with Crippen LogP contribution in [0.1, 0.15) is 31.0 Å². The summed E-state index contributed by atoms with van der Waals surface area (Å²) in [5.74, 6) is 0. The fraction of sp³-hybridized carbons (Fsp3) is 0.438. The van der Waals surface area contributed by atoms with Crippen LogP contribution in [0.2, 0.25) is 5.15 Å². The van der Waals surface area contributed by atoms with E-state index >= 15 is 0 Å². The molecule has 0 bridgehead atoms. The molecule has 4 nitrogen and oxygen atoms in total. The molecule has 2 aromatic rings. The predicted octanol–water partition coefficient (Wildman–Crippen LogP) is 3.08. The molecule has 114 valence electrons. The van der Waals surface area contributed by atoms with Gasteiger partial charge in [-0.3, -0.25) is 0 Å². The number of aromatic nitrogens is 2. The van der Waals surface area contributed by atoms with Crippen LogP contribution in [-0.4, -0.2) is 27.5 Å². The van der Waals surface area contributed by atoms with E-state index in [1.165, 1.54) is 0 Å². The van der Waals surface area contributed by atoms with Gasteiger partial charge < -0.3 is 10.4 Å². The molecule has 0 aliphatic heterocycles. The van der Waals surface area contributed by atoms with Gasteiger partial charge in [-0.25, -0.2) is 4.68 Å². The van der Waals surface area contributed by atoms with E-state index in [0.29, 0.717) is 17.7 Å². The lowest BCUT2D eigenvalue weighted by Gasteiger charge is -2.13. The van der Waals surface area contributed by atoms with Gasteiger partial charge in [-0.1, -0.05) is 29.8 Å². The smallest absolute Gasteiger partial charge is 0.137 e. The van der Waals surface area contributed by atoms with Crippen molar-refractivity contribution in [2.24, 2.45) is 0 Å². The first-order valence-corrected chi connectivity index (χ1v) is 7.65. The molecule has 1 aromatic carbocycles. The Kier molecular flexibility index (Phi) is 5.79. The van der Waals surface area contributed by atoms with Crippen LogP contribution < -0.4 is 5.32 Å². The number of nitrogens with one attached hydrogen (secondary N) is 1. The number of aliphatic hydroxyl groups excluding tert-OH is 1. The maximum Gasteiger partial charge on any atom is 0.137 e. The van der Waals surface area contributed by atoms with Crippen LogP contribution in [-0.2, 0) is 6.54 Å². The molecule has 1 atom stereocenters. The molecule has 1 heterocycles. The average Bonchev–Trinajstić information content (AvgIpc) is 2.79. The maximum absolute atomic E-state index is 8.86. The summed E-state index contributed by atoms with van der Waals surface area (Å²) in [6.07, 6.45) is 1.75. The van der Waals surface area contributed by atoms with Crippen molar-refractivity contribution >= 4 is 11.6 Å². The summed E-state index contributed by atoms with van der Waals surface area (Å²) >= 11 is 6.47. The van der Waals surface area contributed by atoms with Gasteiger partial charge in [0.2, 0.25) is 0 Å². The van der Waals surface area contributed by atoms with Crippen molar-refractivity contribution in [3.05, 3.63) is 46.7 Å². The van der Waals surface area contributed by atoms with Crippen LogP contribution in [0.3, 0.4) is 0 Å². The summed E-state index contributed by atoms with van der Waals surface area (Å²) in [5, 5.41) is 17.5. The minimum Gasteiger partial charge on any atom is -0.396 e. The van der Waals surface area contributed by atoms with E-state index < -0.39 is 0 Å². The Labute approximate surface area is 130 Å². The molecule has 21 heavy (non-hydrogen) atoms. The number of aliphatic hydroxyl groups is 1. The number of aryl methyl sites for hydroxylation is 1. The number of benzene rings is 1. The monoisotopic (exact) mass is 307 g/mol. The zero-order valence-electron chi connectivity index (χ0n) is 12.5. The average molecular weight is 308 g/mol. The van der Waals surface area contributed by atoms with E-state index in [4.69, 9.17) is 16.7 Å². The SMILES string of the molecule is Cc1nn(-c2ccccc2)c(Cl)c1CNC(C)CCCO. The van der Waals surface area contributed by atoms with E-state index in [2.05, 4.69) is 17.3 Å². The molecule has 0 saturated heterocycles. The second kappa shape index (κ2) is 7.59. The Hall–Kier alpha value is -1.36. The highest BCUT2D eigenvalue weighted by molar-refractivity contribution is 6.30. The molecule has 0 aliphatic rings. The number of rotatable bonds is 7. The largest absolute Gasteiger partial charge is 0.396 e. The van der Waals surface area contributed by atoms with Crippen molar-refractivity contribution in [1.82, 2.24) is 15.1 Å². The van der Waals surface area contributed by atoms with Crippen molar-refractivity contribution in [2.45, 2.75) is 39.3 Å². The predicted molar refractivity (Wildman–Crippen MR) is 85.9 cm³/mol. The molecule has 1 aromatic heterocycles. The third-order valence-electron chi connectivity index (χ3n) is 3.55. The standard InChI is InChI=1S/C16H22ClN3O/c1-12(7-6-10-21)18-11-15-13(2)19-20(16(15)17)14-8-4-3-5-9-14/h3-5,8-9,12,18,21H,6-7,10-11H2,1-2H3. The van der Waals surface area contributed by atoms with Crippen molar-refractivity contribution in [2.75, 3.05) is 6.61 Å². The van der Waals surface area contributed by atoms with Gasteiger partial charge in [0.15, 0.2) is 0 Å². The Morgan fingerprint density at radius 2 is 2.05 bits per heavy atom. The Bertz CT molecular complexity index is 568. The summed E-state index contributed by atoms with van der Waals surface area (Å²) in [4.78, 5) is 0. The summed E-state index contributed by atoms with van der Waals surface area (Å²) in [6.45, 7) is 5.00. The number of hydrogen-bond donors (Lipinski definition) is 2. The molecular formula is C16H22ClN3O. The second-order valence-corrected chi connectivity index (χ2v) is 5.61. The topological polar surface area (TPSA) is 50.1 Å². The highest BCUT2D eigenvalue weighted by Crippen LogP contribution is 2.23. The Morgan fingerprint density at radius 3 is 2.71 bits per heavy atom. The molecule has 0 saturated carbocycles. The van der Waals surface area contributed by atoms with Gasteiger partial charge in [0, 0.05) is 24.8 Å². The lowest BCUT2D eigenvalue weighted by Crippen LogP contribution is -2.25. The Balaban J connectivity index is 2.09. The minimum atomic E-state index is 0.234. The molecule has 0 fully saturated rings. The first kappa shape index (κ1) is 16.0. The first-order chi connectivity index (χ1) is 10.1. The van der Waals surface area contributed by atoms with Crippen LogP contribution in [0.4, 0.5) is 0 Å². The van der Waals surface area contributed by atoms with E-state index in [0.717, 1.165) is 29.8 Å². The number of halogens is 1. The highest BCUT2D eigenvalue weighted by Gasteiger charge is 2.15. The van der Waals surface area contributed by atoms with E-state index in [-0.39, 0.29) is 6.61 Å². The van der Waals surface area contributed by atoms with Crippen molar-refractivity contribution < 1.29 is 5.11 Å². The van der Waals surface area contributed by atoms with Gasteiger partial charge in [-0.2, -0.15) is 5.10 Å².